The van der Waals surface area contributed by atoms with Gasteiger partial charge in [-0.2, -0.15) is 4.33 Å². The Hall–Kier alpha value is 0.180. The van der Waals surface area contributed by atoms with Crippen LogP contribution >= 0.6 is 22.3 Å². The Morgan fingerprint density at radius 1 is 1.44 bits per heavy atom. The number of hydrogen-bond donors (Lipinski definition) is 0. The monoisotopic (exact) mass is 268 g/mol. The quantitative estimate of drug-likeness (QED) is 0.232. The summed E-state index contributed by atoms with van der Waals surface area (Å²) >= 11 is 1.03. The molecule has 0 aromatic rings. The third-order valence-electron chi connectivity index (χ3n) is 2.54. The average molecular weight is 268 g/mol. The van der Waals surface area contributed by atoms with Gasteiger partial charge in [-0.05, 0) is 19.7 Å². The van der Waals surface area contributed by atoms with E-state index in [1.165, 1.54) is 0 Å². The SMILES string of the molecule is CN1CCS(C)(OOCCCSN=O)CC1. The molecule has 96 valence electrons. The largest absolute Gasteiger partial charge is 0.305 e. The van der Waals surface area contributed by atoms with Crippen LogP contribution in [0.2, 0.25) is 0 Å². The van der Waals surface area contributed by atoms with E-state index in [-0.39, 0.29) is 0 Å². The highest BCUT2D eigenvalue weighted by atomic mass is 32.3. The van der Waals surface area contributed by atoms with Crippen molar-refractivity contribution in [1.29, 1.82) is 0 Å². The van der Waals surface area contributed by atoms with Crippen LogP contribution in [0.15, 0.2) is 4.58 Å². The lowest BCUT2D eigenvalue weighted by molar-refractivity contribution is -0.196. The highest BCUT2D eigenvalue weighted by Crippen LogP contribution is 2.46. The zero-order chi connectivity index (χ0) is 11.9. The van der Waals surface area contributed by atoms with Crippen LogP contribution in [0, 0.1) is 4.91 Å². The smallest absolute Gasteiger partial charge is 0.0842 e. The molecule has 0 saturated carbocycles. The van der Waals surface area contributed by atoms with E-state index in [1.54, 1.807) is 0 Å². The standard InChI is InChI=1S/C9H20N2O3S2/c1-11-4-8-16(2,9-5-11)14-13-6-3-7-15-10-12/h3-9H2,1-2H3. The van der Waals surface area contributed by atoms with Crippen LogP contribution in [-0.4, -0.2) is 55.2 Å². The predicted octanol–water partition coefficient (Wildman–Crippen LogP) is 2.03. The van der Waals surface area contributed by atoms with Crippen molar-refractivity contribution < 1.29 is 9.22 Å². The van der Waals surface area contributed by atoms with Gasteiger partial charge >= 0.3 is 0 Å². The second-order valence-corrected chi connectivity index (χ2v) is 8.18. The van der Waals surface area contributed by atoms with Gasteiger partial charge in [0.2, 0.25) is 0 Å². The van der Waals surface area contributed by atoms with Crippen LogP contribution in [0.4, 0.5) is 0 Å². The van der Waals surface area contributed by atoms with E-state index >= 15 is 0 Å². The van der Waals surface area contributed by atoms with E-state index < -0.39 is 10.3 Å². The van der Waals surface area contributed by atoms with Crippen molar-refractivity contribution >= 4 is 22.3 Å². The normalized spacial score (nSPS) is 22.9. The van der Waals surface area contributed by atoms with Crippen LogP contribution < -0.4 is 0 Å². The summed E-state index contributed by atoms with van der Waals surface area (Å²) in [4.78, 5) is 17.3. The summed E-state index contributed by atoms with van der Waals surface area (Å²) in [6, 6.07) is 0. The molecule has 1 rings (SSSR count). The first-order valence-electron chi connectivity index (χ1n) is 5.34. The van der Waals surface area contributed by atoms with E-state index in [9.17, 15) is 4.91 Å². The maximum atomic E-state index is 9.81. The van der Waals surface area contributed by atoms with E-state index in [1.807, 2.05) is 0 Å². The summed E-state index contributed by atoms with van der Waals surface area (Å²) in [5, 5.41) is 0. The van der Waals surface area contributed by atoms with Crippen molar-refractivity contribution in [3.05, 3.63) is 4.91 Å². The molecule has 16 heavy (non-hydrogen) atoms. The third-order valence-corrected chi connectivity index (χ3v) is 5.63. The highest BCUT2D eigenvalue weighted by molar-refractivity contribution is 8.29. The number of nitroso groups, excluding NO2 is 1. The Kier molecular flexibility index (Phi) is 6.67. The molecule has 0 aliphatic carbocycles. The van der Waals surface area contributed by atoms with Gasteiger partial charge in [0.15, 0.2) is 0 Å². The summed E-state index contributed by atoms with van der Waals surface area (Å²) in [5.41, 5.74) is 0. The van der Waals surface area contributed by atoms with Crippen molar-refractivity contribution in [1.82, 2.24) is 4.90 Å². The molecule has 1 aliphatic rings. The van der Waals surface area contributed by atoms with Gasteiger partial charge in [-0.25, -0.2) is 4.89 Å². The molecule has 0 spiro atoms. The number of nitrogens with zero attached hydrogens (tertiary/aromatic N) is 2. The second kappa shape index (κ2) is 7.50. The van der Waals surface area contributed by atoms with Crippen molar-refractivity contribution in [2.24, 2.45) is 4.58 Å². The van der Waals surface area contributed by atoms with E-state index in [0.717, 1.165) is 43.0 Å². The van der Waals surface area contributed by atoms with Gasteiger partial charge < -0.3 is 4.90 Å². The van der Waals surface area contributed by atoms with E-state index in [2.05, 4.69) is 22.8 Å². The lowest BCUT2D eigenvalue weighted by Crippen LogP contribution is -2.36. The fraction of sp³-hybridized carbons (Fsp3) is 1.00. The molecule has 0 atom stereocenters. The zero-order valence-corrected chi connectivity index (χ0v) is 11.5. The van der Waals surface area contributed by atoms with Crippen LogP contribution in [0.3, 0.4) is 0 Å². The molecule has 0 radical (unpaired) electrons. The molecule has 1 aliphatic heterocycles. The Morgan fingerprint density at radius 3 is 2.75 bits per heavy atom. The van der Waals surface area contributed by atoms with Gasteiger partial charge in [0.25, 0.3) is 0 Å². The topological polar surface area (TPSA) is 51.1 Å². The molecule has 0 bridgehead atoms. The van der Waals surface area contributed by atoms with Gasteiger partial charge in [-0.1, -0.05) is 0 Å². The van der Waals surface area contributed by atoms with Crippen molar-refractivity contribution in [3.8, 4) is 0 Å². The second-order valence-electron chi connectivity index (χ2n) is 4.05. The van der Waals surface area contributed by atoms with Crippen LogP contribution in [0.1, 0.15) is 6.42 Å². The van der Waals surface area contributed by atoms with Gasteiger partial charge in [-0.15, -0.1) is 15.2 Å². The Balaban J connectivity index is 2.05. The molecule has 0 amide bonds. The van der Waals surface area contributed by atoms with Crippen molar-refractivity contribution in [2.75, 3.05) is 50.3 Å². The number of hydrogen-bond acceptors (Lipinski definition) is 6. The lowest BCUT2D eigenvalue weighted by Gasteiger charge is -2.40. The zero-order valence-electron chi connectivity index (χ0n) is 9.89. The maximum Gasteiger partial charge on any atom is 0.0842 e. The molecule has 1 saturated heterocycles. The summed E-state index contributed by atoms with van der Waals surface area (Å²) in [7, 11) is 1.11. The maximum absolute atomic E-state index is 9.81. The summed E-state index contributed by atoms with van der Waals surface area (Å²) < 4.78 is 8.25. The average Bonchev–Trinajstić information content (AvgIpc) is 2.28. The first-order chi connectivity index (χ1) is 7.66. The lowest BCUT2D eigenvalue weighted by atomic mass is 10.5. The fourth-order valence-electron chi connectivity index (χ4n) is 1.35. The Morgan fingerprint density at radius 2 is 2.12 bits per heavy atom. The molecule has 5 nitrogen and oxygen atoms in total. The molecule has 7 heteroatoms. The van der Waals surface area contributed by atoms with Crippen molar-refractivity contribution in [3.63, 3.8) is 0 Å². The summed E-state index contributed by atoms with van der Waals surface area (Å²) in [6.45, 7) is 2.71. The van der Waals surface area contributed by atoms with E-state index in [0.29, 0.717) is 12.4 Å². The van der Waals surface area contributed by atoms with E-state index in [4.69, 9.17) is 9.22 Å². The van der Waals surface area contributed by atoms with Gasteiger partial charge in [0, 0.05) is 46.9 Å². The first-order valence-corrected chi connectivity index (χ1v) is 8.59. The van der Waals surface area contributed by atoms with Crippen LogP contribution in [-0.2, 0) is 9.22 Å². The molecular formula is C9H20N2O3S2. The minimum absolute atomic E-state index is 0.543. The van der Waals surface area contributed by atoms with Gasteiger partial charge in [0.05, 0.1) is 6.61 Å². The molecule has 0 N–H and O–H groups in total. The predicted molar refractivity (Wildman–Crippen MR) is 70.7 cm³/mol. The third kappa shape index (κ3) is 5.49. The summed E-state index contributed by atoms with van der Waals surface area (Å²) in [6.07, 6.45) is 2.97. The first kappa shape index (κ1) is 14.2. The van der Waals surface area contributed by atoms with Crippen molar-refractivity contribution in [2.45, 2.75) is 6.42 Å². The molecule has 1 fully saturated rings. The Bertz CT molecular complexity index is 211. The summed E-state index contributed by atoms with van der Waals surface area (Å²) in [5.74, 6) is 2.85. The van der Waals surface area contributed by atoms with Gasteiger partial charge in [-0.3, -0.25) is 0 Å². The van der Waals surface area contributed by atoms with Crippen LogP contribution in [0.5, 0.6) is 0 Å². The van der Waals surface area contributed by atoms with Gasteiger partial charge in [0.1, 0.15) is 0 Å². The molecule has 0 aromatic heterocycles. The molecule has 0 aromatic carbocycles. The molecular weight excluding hydrogens is 248 g/mol. The van der Waals surface area contributed by atoms with Crippen LogP contribution in [0.25, 0.3) is 0 Å². The minimum Gasteiger partial charge on any atom is -0.305 e. The fourth-order valence-corrected chi connectivity index (χ4v) is 3.71. The molecule has 0 unspecified atom stereocenters. The number of rotatable bonds is 7. The Labute approximate surface area is 103 Å². The minimum atomic E-state index is -1.02. The highest BCUT2D eigenvalue weighted by Gasteiger charge is 2.25. The molecule has 1 heterocycles.